The molecular weight excluding hydrogens is 236 g/mol. The number of carbonyl (C=O) groups is 2. The van der Waals surface area contributed by atoms with E-state index in [2.05, 4.69) is 15.9 Å². The van der Waals surface area contributed by atoms with E-state index in [9.17, 15) is 9.59 Å². The number of hydrogen-bond donors (Lipinski definition) is 1. The molecule has 13 heavy (non-hydrogen) atoms. The number of likely N-dealkylation sites (tertiary alicyclic amines) is 1. The molecule has 2 amide bonds. The Balaban J connectivity index is 2.40. The number of rotatable bonds is 3. The Morgan fingerprint density at radius 2 is 2.23 bits per heavy atom. The molecule has 1 aliphatic rings. The quantitative estimate of drug-likeness (QED) is 0.721. The monoisotopic (exact) mass is 248 g/mol. The predicted octanol–water partition coefficient (Wildman–Crippen LogP) is 0.105. The van der Waals surface area contributed by atoms with Crippen LogP contribution >= 0.6 is 15.9 Å². The van der Waals surface area contributed by atoms with Crippen LogP contribution in [0.3, 0.4) is 0 Å². The lowest BCUT2D eigenvalue weighted by Crippen LogP contribution is -2.31. The first kappa shape index (κ1) is 10.5. The van der Waals surface area contributed by atoms with Gasteiger partial charge in [0.2, 0.25) is 11.8 Å². The van der Waals surface area contributed by atoms with Gasteiger partial charge in [0, 0.05) is 24.8 Å². The average Bonchev–Trinajstić information content (AvgIpc) is 2.52. The number of nitrogens with two attached hydrogens (primary N) is 1. The summed E-state index contributed by atoms with van der Waals surface area (Å²) in [5, 5.41) is 0.670. The number of nitrogens with zero attached hydrogens (tertiary/aromatic N) is 1. The second-order valence-electron chi connectivity index (χ2n) is 3.17. The summed E-state index contributed by atoms with van der Waals surface area (Å²) in [6, 6.07) is 0. The van der Waals surface area contributed by atoms with Crippen LogP contribution in [0.25, 0.3) is 0 Å². The largest absolute Gasteiger partial charge is 0.369 e. The van der Waals surface area contributed by atoms with Gasteiger partial charge < -0.3 is 10.6 Å². The molecule has 1 saturated heterocycles. The molecule has 0 spiro atoms. The molecule has 1 rings (SSSR count). The molecule has 74 valence electrons. The van der Waals surface area contributed by atoms with E-state index >= 15 is 0 Å². The van der Waals surface area contributed by atoms with Gasteiger partial charge in [0.05, 0.1) is 5.92 Å². The van der Waals surface area contributed by atoms with Crippen LogP contribution in [-0.2, 0) is 9.59 Å². The second-order valence-corrected chi connectivity index (χ2v) is 3.96. The SMILES string of the molecule is NC(=O)C1CCN(C(=O)CCBr)C1. The standard InChI is InChI=1S/C8H13BrN2O2/c9-3-1-7(12)11-4-2-6(5-11)8(10)13/h6H,1-5H2,(H2,10,13). The van der Waals surface area contributed by atoms with Crippen LogP contribution in [0.2, 0.25) is 0 Å². The summed E-state index contributed by atoms with van der Waals surface area (Å²) in [5.74, 6) is -0.339. The maximum atomic E-state index is 11.4. The third-order valence-corrected chi connectivity index (χ3v) is 2.65. The van der Waals surface area contributed by atoms with Crippen LogP contribution in [0.1, 0.15) is 12.8 Å². The Morgan fingerprint density at radius 3 is 2.69 bits per heavy atom. The Bertz CT molecular complexity index is 220. The summed E-state index contributed by atoms with van der Waals surface area (Å²) in [4.78, 5) is 23.9. The zero-order valence-corrected chi connectivity index (χ0v) is 8.92. The molecule has 0 aliphatic carbocycles. The molecule has 5 heteroatoms. The van der Waals surface area contributed by atoms with E-state index in [1.54, 1.807) is 4.90 Å². The maximum Gasteiger partial charge on any atom is 0.223 e. The highest BCUT2D eigenvalue weighted by atomic mass is 79.9. The number of hydrogen-bond acceptors (Lipinski definition) is 2. The molecule has 4 nitrogen and oxygen atoms in total. The van der Waals surface area contributed by atoms with Gasteiger partial charge in [-0.15, -0.1) is 0 Å². The van der Waals surface area contributed by atoms with Crippen LogP contribution in [0.4, 0.5) is 0 Å². The minimum atomic E-state index is -0.297. The van der Waals surface area contributed by atoms with Crippen LogP contribution in [0.15, 0.2) is 0 Å². The molecular formula is C8H13BrN2O2. The molecule has 1 atom stereocenters. The van der Waals surface area contributed by atoms with E-state index < -0.39 is 0 Å². The lowest BCUT2D eigenvalue weighted by Gasteiger charge is -2.14. The molecule has 0 radical (unpaired) electrons. The molecule has 1 heterocycles. The van der Waals surface area contributed by atoms with E-state index in [-0.39, 0.29) is 17.7 Å². The van der Waals surface area contributed by atoms with Crippen molar-refractivity contribution in [3.63, 3.8) is 0 Å². The molecule has 1 fully saturated rings. The van der Waals surface area contributed by atoms with E-state index in [1.165, 1.54) is 0 Å². The summed E-state index contributed by atoms with van der Waals surface area (Å²) in [7, 11) is 0. The fraction of sp³-hybridized carbons (Fsp3) is 0.750. The Labute approximate surface area is 85.6 Å². The fourth-order valence-corrected chi connectivity index (χ4v) is 1.80. The zero-order valence-electron chi connectivity index (χ0n) is 7.33. The number of primary amides is 1. The van der Waals surface area contributed by atoms with Gasteiger partial charge in [0.1, 0.15) is 0 Å². The highest BCUT2D eigenvalue weighted by molar-refractivity contribution is 9.09. The van der Waals surface area contributed by atoms with Crippen LogP contribution in [0.5, 0.6) is 0 Å². The Hall–Kier alpha value is -0.580. The first-order valence-electron chi connectivity index (χ1n) is 4.28. The van der Waals surface area contributed by atoms with Gasteiger partial charge in [-0.05, 0) is 6.42 Å². The van der Waals surface area contributed by atoms with Crippen molar-refractivity contribution in [2.24, 2.45) is 11.7 Å². The van der Waals surface area contributed by atoms with Gasteiger partial charge in [0.15, 0.2) is 0 Å². The minimum absolute atomic E-state index is 0.0978. The van der Waals surface area contributed by atoms with Crippen molar-refractivity contribution in [3.05, 3.63) is 0 Å². The zero-order chi connectivity index (χ0) is 9.84. The highest BCUT2D eigenvalue weighted by Crippen LogP contribution is 2.16. The van der Waals surface area contributed by atoms with Crippen molar-refractivity contribution in [3.8, 4) is 0 Å². The first-order chi connectivity index (χ1) is 6.15. The number of alkyl halides is 1. The van der Waals surface area contributed by atoms with Crippen molar-refractivity contribution < 1.29 is 9.59 Å². The summed E-state index contributed by atoms with van der Waals surface area (Å²) in [6.45, 7) is 1.17. The number of halogens is 1. The van der Waals surface area contributed by atoms with Gasteiger partial charge in [0.25, 0.3) is 0 Å². The van der Waals surface area contributed by atoms with Crippen LogP contribution in [0, 0.1) is 5.92 Å². The molecule has 0 aromatic rings. The molecule has 2 N–H and O–H groups in total. The summed E-state index contributed by atoms with van der Waals surface area (Å²) < 4.78 is 0. The number of carbonyl (C=O) groups excluding carboxylic acids is 2. The van der Waals surface area contributed by atoms with E-state index in [0.717, 1.165) is 0 Å². The minimum Gasteiger partial charge on any atom is -0.369 e. The van der Waals surface area contributed by atoms with Gasteiger partial charge in [-0.25, -0.2) is 0 Å². The van der Waals surface area contributed by atoms with Gasteiger partial charge in [-0.3, -0.25) is 9.59 Å². The average molecular weight is 249 g/mol. The second kappa shape index (κ2) is 4.60. The third-order valence-electron chi connectivity index (χ3n) is 2.25. The molecule has 0 aromatic heterocycles. The topological polar surface area (TPSA) is 63.4 Å². The smallest absolute Gasteiger partial charge is 0.223 e. The van der Waals surface area contributed by atoms with Crippen LogP contribution in [-0.4, -0.2) is 35.1 Å². The van der Waals surface area contributed by atoms with Crippen molar-refractivity contribution in [2.45, 2.75) is 12.8 Å². The Kier molecular flexibility index (Phi) is 3.71. The lowest BCUT2D eigenvalue weighted by atomic mass is 10.1. The van der Waals surface area contributed by atoms with E-state index in [4.69, 9.17) is 5.73 Å². The predicted molar refractivity (Wildman–Crippen MR) is 52.3 cm³/mol. The molecule has 0 aromatic carbocycles. The normalized spacial score (nSPS) is 21.9. The molecule has 1 unspecified atom stereocenters. The Morgan fingerprint density at radius 1 is 1.54 bits per heavy atom. The molecule has 0 bridgehead atoms. The van der Waals surface area contributed by atoms with Crippen molar-refractivity contribution in [2.75, 3.05) is 18.4 Å². The van der Waals surface area contributed by atoms with E-state index in [0.29, 0.717) is 31.3 Å². The molecule has 0 saturated carbocycles. The van der Waals surface area contributed by atoms with Crippen LogP contribution < -0.4 is 5.73 Å². The van der Waals surface area contributed by atoms with Gasteiger partial charge in [-0.2, -0.15) is 0 Å². The first-order valence-corrected chi connectivity index (χ1v) is 5.40. The number of amides is 2. The summed E-state index contributed by atoms with van der Waals surface area (Å²) >= 11 is 3.20. The highest BCUT2D eigenvalue weighted by Gasteiger charge is 2.28. The van der Waals surface area contributed by atoms with Crippen molar-refractivity contribution in [1.82, 2.24) is 4.90 Å². The fourth-order valence-electron chi connectivity index (χ4n) is 1.46. The summed E-state index contributed by atoms with van der Waals surface area (Å²) in [5.41, 5.74) is 5.15. The van der Waals surface area contributed by atoms with E-state index in [1.807, 2.05) is 0 Å². The lowest BCUT2D eigenvalue weighted by molar-refractivity contribution is -0.130. The van der Waals surface area contributed by atoms with Crippen molar-refractivity contribution in [1.29, 1.82) is 0 Å². The molecule has 1 aliphatic heterocycles. The maximum absolute atomic E-state index is 11.4. The van der Waals surface area contributed by atoms with Gasteiger partial charge in [-0.1, -0.05) is 15.9 Å². The third kappa shape index (κ3) is 2.69. The van der Waals surface area contributed by atoms with Gasteiger partial charge >= 0.3 is 0 Å². The van der Waals surface area contributed by atoms with Crippen molar-refractivity contribution >= 4 is 27.7 Å². The summed E-state index contributed by atoms with van der Waals surface area (Å²) in [6.07, 6.45) is 1.20.